The van der Waals surface area contributed by atoms with Crippen molar-refractivity contribution in [2.24, 2.45) is 0 Å². The Hall–Kier alpha value is -0.0800. The molecule has 0 spiro atoms. The van der Waals surface area contributed by atoms with Gasteiger partial charge in [-0.1, -0.05) is 232 Å². The van der Waals surface area contributed by atoms with E-state index in [1.54, 1.807) is 0 Å². The Bertz CT molecular complexity index is 474. The Kier molecular flexibility index (Phi) is 38.3. The Labute approximate surface area is 287 Å². The van der Waals surface area contributed by atoms with Crippen LogP contribution in [0.1, 0.15) is 258 Å². The summed E-state index contributed by atoms with van der Waals surface area (Å²) in [5.41, 5.74) is 0. The average Bonchev–Trinajstić information content (AvgIpc) is 3.03. The van der Waals surface area contributed by atoms with Gasteiger partial charge in [0.2, 0.25) is 0 Å². The zero-order valence-electron chi connectivity index (χ0n) is 32.1. The van der Waals surface area contributed by atoms with Crippen molar-refractivity contribution >= 4 is 0 Å². The molecule has 0 radical (unpaired) electrons. The topological polar surface area (TPSA) is 23.1 Å². The summed E-state index contributed by atoms with van der Waals surface area (Å²) in [6, 6.07) is 0. The normalized spacial score (nSPS) is 12.0. The predicted octanol–water partition coefficient (Wildman–Crippen LogP) is 15.8. The van der Waals surface area contributed by atoms with Crippen molar-refractivity contribution in [3.05, 3.63) is 5.21 Å². The molecule has 0 aromatic rings. The van der Waals surface area contributed by atoms with Gasteiger partial charge in [-0.25, -0.2) is 0 Å². The van der Waals surface area contributed by atoms with Crippen LogP contribution in [0, 0.1) is 5.21 Å². The van der Waals surface area contributed by atoms with E-state index in [-0.39, 0.29) is 4.65 Å². The van der Waals surface area contributed by atoms with E-state index in [0.29, 0.717) is 0 Å². The van der Waals surface area contributed by atoms with E-state index >= 15 is 0 Å². The van der Waals surface area contributed by atoms with Gasteiger partial charge < -0.3 is 9.85 Å². The van der Waals surface area contributed by atoms with Crippen molar-refractivity contribution in [1.82, 2.24) is 0 Å². The zero-order chi connectivity index (χ0) is 32.8. The average molecular weight is 636 g/mol. The SMILES string of the molecule is CCCCCCCCCCCCCCCCCCCCC[N+](C)([O-])CCCCCCCCCCCCCCCCCCCCC. The van der Waals surface area contributed by atoms with Crippen LogP contribution in [0.3, 0.4) is 0 Å². The summed E-state index contributed by atoms with van der Waals surface area (Å²) < 4.78 is -0.00207. The third-order valence-electron chi connectivity index (χ3n) is 10.5. The minimum Gasteiger partial charge on any atom is -0.633 e. The summed E-state index contributed by atoms with van der Waals surface area (Å²) in [6.45, 7) is 6.27. The Morgan fingerprint density at radius 2 is 0.378 bits per heavy atom. The fourth-order valence-electron chi connectivity index (χ4n) is 7.16. The first-order chi connectivity index (χ1) is 22.1. The molecule has 0 bridgehead atoms. The number of unbranched alkanes of at least 4 members (excludes halogenated alkanes) is 36. The van der Waals surface area contributed by atoms with Crippen molar-refractivity contribution < 1.29 is 4.65 Å². The second-order valence-corrected chi connectivity index (χ2v) is 15.5. The molecule has 0 amide bonds. The molecule has 0 aromatic heterocycles. The van der Waals surface area contributed by atoms with Gasteiger partial charge in [0.05, 0.1) is 20.1 Å². The number of hydrogen-bond acceptors (Lipinski definition) is 1. The molecular formula is C43H89NO. The predicted molar refractivity (Wildman–Crippen MR) is 206 cm³/mol. The molecule has 45 heavy (non-hydrogen) atoms. The van der Waals surface area contributed by atoms with Crippen LogP contribution in [-0.2, 0) is 0 Å². The Balaban J connectivity index is 3.25. The van der Waals surface area contributed by atoms with Crippen LogP contribution >= 0.6 is 0 Å². The van der Waals surface area contributed by atoms with Crippen LogP contribution in [0.5, 0.6) is 0 Å². The third kappa shape index (κ3) is 40.0. The van der Waals surface area contributed by atoms with E-state index in [9.17, 15) is 5.21 Å². The van der Waals surface area contributed by atoms with Crippen LogP contribution < -0.4 is 0 Å². The molecule has 0 N–H and O–H groups in total. The van der Waals surface area contributed by atoms with Gasteiger partial charge in [-0.2, -0.15) is 0 Å². The lowest BCUT2D eigenvalue weighted by molar-refractivity contribution is -0.861. The highest BCUT2D eigenvalue weighted by molar-refractivity contribution is 4.53. The van der Waals surface area contributed by atoms with Gasteiger partial charge in [0.1, 0.15) is 0 Å². The second-order valence-electron chi connectivity index (χ2n) is 15.5. The monoisotopic (exact) mass is 636 g/mol. The molecule has 0 saturated carbocycles. The van der Waals surface area contributed by atoms with Gasteiger partial charge in [-0.3, -0.25) is 0 Å². The third-order valence-corrected chi connectivity index (χ3v) is 10.5. The minimum atomic E-state index is -0.00207. The maximum Gasteiger partial charge on any atom is 0.0781 e. The first kappa shape index (κ1) is 44.9. The molecule has 2 heteroatoms. The molecule has 0 rings (SSSR count). The highest BCUT2D eigenvalue weighted by Gasteiger charge is 2.09. The molecule has 0 heterocycles. The van der Waals surface area contributed by atoms with E-state index in [1.165, 1.54) is 231 Å². The largest absolute Gasteiger partial charge is 0.633 e. The van der Waals surface area contributed by atoms with Crippen LogP contribution in [0.15, 0.2) is 0 Å². The molecule has 0 aliphatic carbocycles. The lowest BCUT2D eigenvalue weighted by Crippen LogP contribution is -2.39. The molecule has 0 atom stereocenters. The fraction of sp³-hybridized carbons (Fsp3) is 1.00. The van der Waals surface area contributed by atoms with E-state index in [2.05, 4.69) is 13.8 Å². The quantitative estimate of drug-likeness (QED) is 0.0373. The highest BCUT2D eigenvalue weighted by Crippen LogP contribution is 2.17. The lowest BCUT2D eigenvalue weighted by atomic mass is 10.0. The fourth-order valence-corrected chi connectivity index (χ4v) is 7.16. The van der Waals surface area contributed by atoms with Crippen LogP contribution in [-0.4, -0.2) is 24.8 Å². The summed E-state index contributed by atoms with van der Waals surface area (Å²) >= 11 is 0. The van der Waals surface area contributed by atoms with Crippen LogP contribution in [0.2, 0.25) is 0 Å². The van der Waals surface area contributed by atoms with Crippen molar-refractivity contribution in [3.63, 3.8) is 0 Å². The van der Waals surface area contributed by atoms with Crippen molar-refractivity contribution in [2.75, 3.05) is 20.1 Å². The first-order valence-corrected chi connectivity index (χ1v) is 21.7. The summed E-state index contributed by atoms with van der Waals surface area (Å²) in [7, 11) is 1.92. The van der Waals surface area contributed by atoms with Gasteiger partial charge in [0.15, 0.2) is 0 Å². The molecule has 0 unspecified atom stereocenters. The second kappa shape index (κ2) is 38.4. The van der Waals surface area contributed by atoms with Gasteiger partial charge in [-0.05, 0) is 25.7 Å². The van der Waals surface area contributed by atoms with Crippen LogP contribution in [0.25, 0.3) is 0 Å². The molecule has 0 fully saturated rings. The van der Waals surface area contributed by atoms with Gasteiger partial charge in [0.25, 0.3) is 0 Å². The van der Waals surface area contributed by atoms with Crippen molar-refractivity contribution in [1.29, 1.82) is 0 Å². The summed E-state index contributed by atoms with van der Waals surface area (Å²) in [6.07, 6.45) is 53.5. The Morgan fingerprint density at radius 3 is 0.533 bits per heavy atom. The maximum atomic E-state index is 12.8. The van der Waals surface area contributed by atoms with Gasteiger partial charge in [0, 0.05) is 0 Å². The first-order valence-electron chi connectivity index (χ1n) is 21.7. The molecule has 2 nitrogen and oxygen atoms in total. The zero-order valence-corrected chi connectivity index (χ0v) is 32.1. The van der Waals surface area contributed by atoms with Gasteiger partial charge in [-0.15, -0.1) is 0 Å². The minimum absolute atomic E-state index is 0.00207. The standard InChI is InChI=1S/C43H89NO/c1-4-6-8-10-12-14-16-18-20-22-24-26-28-30-32-34-36-38-40-42-44(3,45)43-41-39-37-35-33-31-29-27-25-23-21-19-17-15-13-11-9-7-5-2/h4-43H2,1-3H3. The van der Waals surface area contributed by atoms with E-state index in [0.717, 1.165) is 25.9 Å². The van der Waals surface area contributed by atoms with Crippen molar-refractivity contribution in [2.45, 2.75) is 258 Å². The Morgan fingerprint density at radius 1 is 0.244 bits per heavy atom. The van der Waals surface area contributed by atoms with Gasteiger partial charge >= 0.3 is 0 Å². The van der Waals surface area contributed by atoms with Crippen molar-refractivity contribution in [3.8, 4) is 0 Å². The van der Waals surface area contributed by atoms with E-state index in [1.807, 2.05) is 7.05 Å². The number of rotatable bonds is 40. The number of hydroxylamine groups is 3. The molecule has 0 aromatic carbocycles. The molecule has 0 aliphatic heterocycles. The van der Waals surface area contributed by atoms with E-state index in [4.69, 9.17) is 0 Å². The number of hydrogen-bond donors (Lipinski definition) is 0. The maximum absolute atomic E-state index is 12.8. The summed E-state index contributed by atoms with van der Waals surface area (Å²) in [4.78, 5) is 0. The lowest BCUT2D eigenvalue weighted by Gasteiger charge is -2.39. The van der Waals surface area contributed by atoms with E-state index < -0.39 is 0 Å². The molecule has 0 saturated heterocycles. The summed E-state index contributed by atoms with van der Waals surface area (Å²) in [5.74, 6) is 0. The molecular weight excluding hydrogens is 546 g/mol. The molecule has 272 valence electrons. The van der Waals surface area contributed by atoms with Crippen LogP contribution in [0.4, 0.5) is 0 Å². The highest BCUT2D eigenvalue weighted by atomic mass is 16.5. The number of quaternary nitrogens is 1. The smallest absolute Gasteiger partial charge is 0.0781 e. The summed E-state index contributed by atoms with van der Waals surface area (Å²) in [5, 5.41) is 12.8. The molecule has 0 aliphatic rings. The number of nitrogens with zero attached hydrogens (tertiary/aromatic N) is 1.